The molecule has 0 radical (unpaired) electrons. The van der Waals surface area contributed by atoms with Crippen LogP contribution < -0.4 is 10.9 Å². The molecule has 0 saturated carbocycles. The van der Waals surface area contributed by atoms with Gasteiger partial charge in [0.2, 0.25) is 5.91 Å². The minimum atomic E-state index is -0.205. The van der Waals surface area contributed by atoms with Crippen LogP contribution in [0.15, 0.2) is 64.1 Å². The van der Waals surface area contributed by atoms with Gasteiger partial charge in [-0.25, -0.2) is 4.98 Å². The highest BCUT2D eigenvalue weighted by molar-refractivity contribution is 9.10. The standard InChI is InChI=1S/C18H16BrN3O2/c19-14-7-5-13(6-8-14)9-10-20-17(23)11-22-12-21-16-4-2-1-3-15(16)18(22)24/h1-8,12H,9-11H2,(H,20,23). The molecule has 122 valence electrons. The van der Waals surface area contributed by atoms with Gasteiger partial charge in [0.15, 0.2) is 0 Å². The minimum Gasteiger partial charge on any atom is -0.354 e. The lowest BCUT2D eigenvalue weighted by atomic mass is 10.1. The highest BCUT2D eigenvalue weighted by Gasteiger charge is 2.07. The van der Waals surface area contributed by atoms with Crippen molar-refractivity contribution in [1.29, 1.82) is 0 Å². The number of amides is 1. The Bertz CT molecular complexity index is 919. The first kappa shape index (κ1) is 16.4. The summed E-state index contributed by atoms with van der Waals surface area (Å²) in [5.74, 6) is -0.203. The van der Waals surface area contributed by atoms with Crippen LogP contribution in [0.3, 0.4) is 0 Å². The van der Waals surface area contributed by atoms with E-state index in [0.717, 1.165) is 16.5 Å². The van der Waals surface area contributed by atoms with E-state index in [4.69, 9.17) is 0 Å². The molecule has 0 saturated heterocycles. The van der Waals surface area contributed by atoms with Crippen molar-refractivity contribution in [1.82, 2.24) is 14.9 Å². The maximum atomic E-state index is 12.3. The normalized spacial score (nSPS) is 10.7. The number of hydrogen-bond acceptors (Lipinski definition) is 3. The smallest absolute Gasteiger partial charge is 0.261 e. The summed E-state index contributed by atoms with van der Waals surface area (Å²) >= 11 is 3.39. The number of nitrogens with one attached hydrogen (secondary N) is 1. The molecule has 0 unspecified atom stereocenters. The molecule has 1 heterocycles. The fourth-order valence-electron chi connectivity index (χ4n) is 2.43. The van der Waals surface area contributed by atoms with Crippen LogP contribution in [-0.2, 0) is 17.8 Å². The molecule has 1 amide bonds. The summed E-state index contributed by atoms with van der Waals surface area (Å²) in [6.45, 7) is 0.493. The van der Waals surface area contributed by atoms with Crippen molar-refractivity contribution in [2.75, 3.05) is 6.54 Å². The van der Waals surface area contributed by atoms with Gasteiger partial charge in [0.25, 0.3) is 5.56 Å². The Hall–Kier alpha value is -2.47. The van der Waals surface area contributed by atoms with Gasteiger partial charge in [-0.3, -0.25) is 14.2 Å². The summed E-state index contributed by atoms with van der Waals surface area (Å²) in [6, 6.07) is 15.1. The number of hydrogen-bond donors (Lipinski definition) is 1. The molecule has 0 aliphatic rings. The Morgan fingerprint density at radius 2 is 1.88 bits per heavy atom. The lowest BCUT2D eigenvalue weighted by Crippen LogP contribution is -2.33. The topological polar surface area (TPSA) is 64.0 Å². The highest BCUT2D eigenvalue weighted by Crippen LogP contribution is 2.10. The van der Waals surface area contributed by atoms with Crippen molar-refractivity contribution in [3.8, 4) is 0 Å². The maximum absolute atomic E-state index is 12.3. The van der Waals surface area contributed by atoms with E-state index in [1.54, 1.807) is 18.2 Å². The van der Waals surface area contributed by atoms with E-state index < -0.39 is 0 Å². The van der Waals surface area contributed by atoms with Crippen molar-refractivity contribution in [2.45, 2.75) is 13.0 Å². The monoisotopic (exact) mass is 385 g/mol. The predicted octanol–water partition coefficient (Wildman–Crippen LogP) is 2.52. The summed E-state index contributed by atoms with van der Waals surface area (Å²) in [5.41, 5.74) is 1.57. The molecule has 3 rings (SSSR count). The quantitative estimate of drug-likeness (QED) is 0.733. The van der Waals surface area contributed by atoms with E-state index in [1.165, 1.54) is 10.9 Å². The van der Waals surface area contributed by atoms with Gasteiger partial charge in [-0.1, -0.05) is 40.2 Å². The molecule has 1 N–H and O–H groups in total. The highest BCUT2D eigenvalue weighted by atomic mass is 79.9. The number of carbonyl (C=O) groups excluding carboxylic acids is 1. The molecular weight excluding hydrogens is 370 g/mol. The van der Waals surface area contributed by atoms with E-state index >= 15 is 0 Å². The maximum Gasteiger partial charge on any atom is 0.261 e. The first-order valence-corrected chi connectivity index (χ1v) is 8.38. The number of nitrogens with zero attached hydrogens (tertiary/aromatic N) is 2. The minimum absolute atomic E-state index is 0.0307. The zero-order valence-corrected chi connectivity index (χ0v) is 14.5. The van der Waals surface area contributed by atoms with E-state index in [-0.39, 0.29) is 18.0 Å². The van der Waals surface area contributed by atoms with Crippen molar-refractivity contribution in [3.05, 3.63) is 75.2 Å². The number of rotatable bonds is 5. The molecule has 2 aromatic carbocycles. The van der Waals surface area contributed by atoms with Crippen LogP contribution in [0.4, 0.5) is 0 Å². The van der Waals surface area contributed by atoms with E-state index in [0.29, 0.717) is 17.4 Å². The molecule has 5 nitrogen and oxygen atoms in total. The van der Waals surface area contributed by atoms with Gasteiger partial charge in [-0.2, -0.15) is 0 Å². The third-order valence-corrected chi connectivity index (χ3v) is 4.22. The zero-order chi connectivity index (χ0) is 16.9. The van der Waals surface area contributed by atoms with Crippen molar-refractivity contribution in [3.63, 3.8) is 0 Å². The van der Waals surface area contributed by atoms with Crippen LogP contribution in [0, 0.1) is 0 Å². The molecule has 24 heavy (non-hydrogen) atoms. The average Bonchev–Trinajstić information content (AvgIpc) is 2.59. The molecular formula is C18H16BrN3O2. The second kappa shape index (κ2) is 7.40. The molecule has 0 aliphatic heterocycles. The second-order valence-corrected chi connectivity index (χ2v) is 6.34. The van der Waals surface area contributed by atoms with Gasteiger partial charge >= 0.3 is 0 Å². The summed E-state index contributed by atoms with van der Waals surface area (Å²) in [6.07, 6.45) is 2.16. The fraction of sp³-hybridized carbons (Fsp3) is 0.167. The summed E-state index contributed by atoms with van der Waals surface area (Å²) in [7, 11) is 0. The Morgan fingerprint density at radius 3 is 2.67 bits per heavy atom. The van der Waals surface area contributed by atoms with Gasteiger partial charge in [-0.05, 0) is 36.2 Å². The second-order valence-electron chi connectivity index (χ2n) is 5.42. The summed E-state index contributed by atoms with van der Waals surface area (Å²) < 4.78 is 2.36. The lowest BCUT2D eigenvalue weighted by molar-refractivity contribution is -0.121. The fourth-order valence-corrected chi connectivity index (χ4v) is 2.69. The molecule has 0 atom stereocenters. The van der Waals surface area contributed by atoms with Crippen LogP contribution in [0.2, 0.25) is 0 Å². The van der Waals surface area contributed by atoms with E-state index in [1.807, 2.05) is 30.3 Å². The van der Waals surface area contributed by atoms with Crippen LogP contribution in [0.1, 0.15) is 5.56 Å². The number of para-hydroxylation sites is 1. The van der Waals surface area contributed by atoms with Gasteiger partial charge < -0.3 is 5.32 Å². The molecule has 6 heteroatoms. The molecule has 0 aliphatic carbocycles. The molecule has 0 fully saturated rings. The molecule has 0 bridgehead atoms. The third kappa shape index (κ3) is 3.89. The number of fused-ring (bicyclic) bond motifs is 1. The van der Waals surface area contributed by atoms with Gasteiger partial charge in [0.1, 0.15) is 6.54 Å². The number of benzene rings is 2. The largest absolute Gasteiger partial charge is 0.354 e. The van der Waals surface area contributed by atoms with Crippen LogP contribution in [0.5, 0.6) is 0 Å². The van der Waals surface area contributed by atoms with E-state index in [2.05, 4.69) is 26.2 Å². The van der Waals surface area contributed by atoms with Crippen LogP contribution >= 0.6 is 15.9 Å². The van der Waals surface area contributed by atoms with Crippen molar-refractivity contribution >= 4 is 32.7 Å². The Balaban J connectivity index is 1.60. The Morgan fingerprint density at radius 1 is 1.12 bits per heavy atom. The molecule has 0 spiro atoms. The number of halogens is 1. The van der Waals surface area contributed by atoms with Gasteiger partial charge in [0, 0.05) is 11.0 Å². The number of carbonyl (C=O) groups is 1. The summed E-state index contributed by atoms with van der Waals surface area (Å²) in [4.78, 5) is 28.6. The Kier molecular flexibility index (Phi) is 5.05. The van der Waals surface area contributed by atoms with Crippen molar-refractivity contribution in [2.24, 2.45) is 0 Å². The predicted molar refractivity (Wildman–Crippen MR) is 96.9 cm³/mol. The lowest BCUT2D eigenvalue weighted by Gasteiger charge is -2.08. The van der Waals surface area contributed by atoms with Gasteiger partial charge in [0.05, 0.1) is 17.2 Å². The Labute approximate surface area is 147 Å². The van der Waals surface area contributed by atoms with Gasteiger partial charge in [-0.15, -0.1) is 0 Å². The molecule has 1 aromatic heterocycles. The first-order chi connectivity index (χ1) is 11.6. The van der Waals surface area contributed by atoms with Crippen LogP contribution in [0.25, 0.3) is 10.9 Å². The first-order valence-electron chi connectivity index (χ1n) is 7.59. The van der Waals surface area contributed by atoms with Crippen LogP contribution in [-0.4, -0.2) is 22.0 Å². The SMILES string of the molecule is O=C(Cn1cnc2ccccc2c1=O)NCCc1ccc(Br)cc1. The summed E-state index contributed by atoms with van der Waals surface area (Å²) in [5, 5.41) is 3.35. The average molecular weight is 386 g/mol. The van der Waals surface area contributed by atoms with E-state index in [9.17, 15) is 9.59 Å². The number of aromatic nitrogens is 2. The zero-order valence-electron chi connectivity index (χ0n) is 12.9. The third-order valence-electron chi connectivity index (χ3n) is 3.69. The molecule has 3 aromatic rings. The van der Waals surface area contributed by atoms with Crippen molar-refractivity contribution < 1.29 is 4.79 Å².